The number of hydrogen-bond donors (Lipinski definition) is 1. The van der Waals surface area contributed by atoms with Crippen molar-refractivity contribution in [2.75, 3.05) is 7.05 Å². The van der Waals surface area contributed by atoms with Gasteiger partial charge in [0.05, 0.1) is 6.54 Å². The van der Waals surface area contributed by atoms with Crippen molar-refractivity contribution in [3.63, 3.8) is 0 Å². The van der Waals surface area contributed by atoms with E-state index in [0.717, 1.165) is 5.89 Å². The van der Waals surface area contributed by atoms with Crippen LogP contribution in [0.3, 0.4) is 0 Å². The van der Waals surface area contributed by atoms with Gasteiger partial charge in [-0.3, -0.25) is 0 Å². The van der Waals surface area contributed by atoms with E-state index in [2.05, 4.69) is 36.3 Å². The molecule has 1 N–H and O–H groups in total. The monoisotopic (exact) mass is 183 g/mol. The van der Waals surface area contributed by atoms with Crippen LogP contribution in [-0.4, -0.2) is 17.2 Å². The van der Waals surface area contributed by atoms with Crippen LogP contribution in [0.25, 0.3) is 0 Å². The summed E-state index contributed by atoms with van der Waals surface area (Å²) in [5, 5.41) is 10.9. The molecule has 1 heterocycles. The first-order valence-corrected chi connectivity index (χ1v) is 4.62. The Morgan fingerprint density at radius 1 is 1.31 bits per heavy atom. The minimum absolute atomic E-state index is 0.332. The molecule has 0 fully saturated rings. The predicted octanol–water partition coefficient (Wildman–Crippen LogP) is 1.55. The van der Waals surface area contributed by atoms with Gasteiger partial charge in [0.15, 0.2) is 0 Å². The molecule has 4 nitrogen and oxygen atoms in total. The van der Waals surface area contributed by atoms with Crippen molar-refractivity contribution < 1.29 is 4.42 Å². The number of rotatable bonds is 4. The summed E-state index contributed by atoms with van der Waals surface area (Å²) < 4.78 is 5.46. The van der Waals surface area contributed by atoms with Gasteiger partial charge in [0.2, 0.25) is 11.8 Å². The summed E-state index contributed by atoms with van der Waals surface area (Å²) in [4.78, 5) is 0. The summed E-state index contributed by atoms with van der Waals surface area (Å²) in [6.07, 6.45) is 0. The lowest BCUT2D eigenvalue weighted by atomic mass is 9.98. The van der Waals surface area contributed by atoms with Gasteiger partial charge in [0.1, 0.15) is 0 Å². The van der Waals surface area contributed by atoms with Crippen molar-refractivity contribution >= 4 is 0 Å². The van der Waals surface area contributed by atoms with Crippen LogP contribution in [0.5, 0.6) is 0 Å². The zero-order chi connectivity index (χ0) is 9.84. The van der Waals surface area contributed by atoms with E-state index in [1.165, 1.54) is 0 Å². The van der Waals surface area contributed by atoms with E-state index in [1.54, 1.807) is 0 Å². The van der Waals surface area contributed by atoms with Gasteiger partial charge in [-0.15, -0.1) is 10.2 Å². The Labute approximate surface area is 78.7 Å². The molecule has 1 rings (SSSR count). The van der Waals surface area contributed by atoms with Gasteiger partial charge in [-0.1, -0.05) is 20.8 Å². The fraction of sp³-hybridized carbons (Fsp3) is 0.778. The van der Waals surface area contributed by atoms with Crippen molar-refractivity contribution in [3.8, 4) is 0 Å². The number of nitrogens with one attached hydrogen (secondary N) is 1. The van der Waals surface area contributed by atoms with Crippen molar-refractivity contribution in [1.82, 2.24) is 15.5 Å². The molecular formula is C9H17N3O. The highest BCUT2D eigenvalue weighted by Gasteiger charge is 2.16. The lowest BCUT2D eigenvalue weighted by molar-refractivity contribution is 0.376. The molecule has 0 saturated heterocycles. The maximum atomic E-state index is 5.46. The molecule has 0 aromatic carbocycles. The van der Waals surface area contributed by atoms with E-state index in [9.17, 15) is 0 Å². The Morgan fingerprint density at radius 3 is 2.54 bits per heavy atom. The third kappa shape index (κ3) is 2.52. The van der Waals surface area contributed by atoms with Gasteiger partial charge < -0.3 is 9.73 Å². The molecule has 0 amide bonds. The Kier molecular flexibility index (Phi) is 3.42. The molecule has 1 aromatic heterocycles. The average Bonchev–Trinajstić information content (AvgIpc) is 2.52. The lowest BCUT2D eigenvalue weighted by Gasteiger charge is -2.09. The van der Waals surface area contributed by atoms with E-state index in [0.29, 0.717) is 24.3 Å². The molecular weight excluding hydrogens is 166 g/mol. The maximum absolute atomic E-state index is 5.46. The molecule has 0 aliphatic rings. The third-order valence-corrected chi connectivity index (χ3v) is 2.20. The van der Waals surface area contributed by atoms with E-state index in [1.807, 2.05) is 7.05 Å². The average molecular weight is 183 g/mol. The molecule has 1 atom stereocenters. The normalized spacial score (nSPS) is 13.6. The first kappa shape index (κ1) is 10.2. The molecule has 0 bridgehead atoms. The van der Waals surface area contributed by atoms with E-state index >= 15 is 0 Å². The molecule has 13 heavy (non-hydrogen) atoms. The largest absolute Gasteiger partial charge is 0.424 e. The van der Waals surface area contributed by atoms with Crippen LogP contribution < -0.4 is 5.32 Å². The van der Waals surface area contributed by atoms with Gasteiger partial charge in [0.25, 0.3) is 0 Å². The highest BCUT2D eigenvalue weighted by molar-refractivity contribution is 4.90. The van der Waals surface area contributed by atoms with Crippen LogP contribution in [0.2, 0.25) is 0 Å². The van der Waals surface area contributed by atoms with Crippen molar-refractivity contribution in [2.24, 2.45) is 5.92 Å². The summed E-state index contributed by atoms with van der Waals surface area (Å²) in [5.41, 5.74) is 0. The topological polar surface area (TPSA) is 51.0 Å². The summed E-state index contributed by atoms with van der Waals surface area (Å²) >= 11 is 0. The third-order valence-electron chi connectivity index (χ3n) is 2.20. The van der Waals surface area contributed by atoms with Crippen LogP contribution in [-0.2, 0) is 6.54 Å². The summed E-state index contributed by atoms with van der Waals surface area (Å²) in [6, 6.07) is 0. The smallest absolute Gasteiger partial charge is 0.230 e. The lowest BCUT2D eigenvalue weighted by Crippen LogP contribution is -2.05. The van der Waals surface area contributed by atoms with Crippen LogP contribution in [0.4, 0.5) is 0 Å². The Balaban J connectivity index is 2.67. The summed E-state index contributed by atoms with van der Waals surface area (Å²) in [5.74, 6) is 2.26. The van der Waals surface area contributed by atoms with E-state index in [4.69, 9.17) is 4.42 Å². The van der Waals surface area contributed by atoms with E-state index < -0.39 is 0 Å². The highest BCUT2D eigenvalue weighted by Crippen LogP contribution is 2.21. The number of aromatic nitrogens is 2. The van der Waals surface area contributed by atoms with Crippen molar-refractivity contribution in [2.45, 2.75) is 33.2 Å². The molecule has 0 spiro atoms. The van der Waals surface area contributed by atoms with Crippen LogP contribution in [0.1, 0.15) is 38.5 Å². The quantitative estimate of drug-likeness (QED) is 0.769. The zero-order valence-corrected chi connectivity index (χ0v) is 8.66. The van der Waals surface area contributed by atoms with Gasteiger partial charge in [-0.2, -0.15) is 0 Å². The van der Waals surface area contributed by atoms with Crippen LogP contribution in [0, 0.1) is 5.92 Å². The molecule has 0 radical (unpaired) electrons. The standard InChI is InChI=1S/C9H17N3O/c1-6(2)7(3)9-12-11-8(13-9)5-10-4/h6-7,10H,5H2,1-4H3. The van der Waals surface area contributed by atoms with Crippen molar-refractivity contribution in [1.29, 1.82) is 0 Å². The Bertz CT molecular complexity index is 257. The molecule has 1 unspecified atom stereocenters. The summed E-state index contributed by atoms with van der Waals surface area (Å²) in [6.45, 7) is 7.03. The molecule has 4 heteroatoms. The van der Waals surface area contributed by atoms with E-state index in [-0.39, 0.29) is 0 Å². The molecule has 1 aromatic rings. The van der Waals surface area contributed by atoms with Crippen LogP contribution in [0.15, 0.2) is 4.42 Å². The molecule has 0 saturated carbocycles. The van der Waals surface area contributed by atoms with Gasteiger partial charge in [0, 0.05) is 5.92 Å². The molecule has 74 valence electrons. The summed E-state index contributed by atoms with van der Waals surface area (Å²) in [7, 11) is 1.86. The second-order valence-corrected chi connectivity index (χ2v) is 3.60. The fourth-order valence-electron chi connectivity index (χ4n) is 0.958. The van der Waals surface area contributed by atoms with Crippen molar-refractivity contribution in [3.05, 3.63) is 11.8 Å². The van der Waals surface area contributed by atoms with Gasteiger partial charge in [-0.25, -0.2) is 0 Å². The molecule has 0 aliphatic carbocycles. The molecule has 0 aliphatic heterocycles. The second-order valence-electron chi connectivity index (χ2n) is 3.60. The first-order valence-electron chi connectivity index (χ1n) is 4.62. The highest BCUT2D eigenvalue weighted by atomic mass is 16.4. The minimum Gasteiger partial charge on any atom is -0.424 e. The Morgan fingerprint density at radius 2 is 2.00 bits per heavy atom. The number of nitrogens with zero attached hydrogens (tertiary/aromatic N) is 2. The zero-order valence-electron chi connectivity index (χ0n) is 8.66. The second kappa shape index (κ2) is 4.37. The SMILES string of the molecule is CNCc1nnc(C(C)C(C)C)o1. The maximum Gasteiger partial charge on any atom is 0.230 e. The minimum atomic E-state index is 0.332. The number of hydrogen-bond acceptors (Lipinski definition) is 4. The van der Waals surface area contributed by atoms with Gasteiger partial charge in [-0.05, 0) is 13.0 Å². The van der Waals surface area contributed by atoms with Gasteiger partial charge >= 0.3 is 0 Å². The predicted molar refractivity (Wildman–Crippen MR) is 50.3 cm³/mol. The van der Waals surface area contributed by atoms with Crippen LogP contribution >= 0.6 is 0 Å². The fourth-order valence-corrected chi connectivity index (χ4v) is 0.958. The Hall–Kier alpha value is -0.900. The first-order chi connectivity index (χ1) is 6.15.